The average molecular weight is 148 g/mol. The van der Waals surface area contributed by atoms with Crippen molar-refractivity contribution >= 4 is 12.1 Å². The van der Waals surface area contributed by atoms with E-state index in [4.69, 9.17) is 0 Å². The second-order valence-electron chi connectivity index (χ2n) is 2.16. The molecule has 0 aromatic heterocycles. The minimum absolute atomic E-state index is 0.0238. The monoisotopic (exact) mass is 148 g/mol. The van der Waals surface area contributed by atoms with Gasteiger partial charge in [-0.2, -0.15) is 0 Å². The SMILES string of the molecule is O=CCC(=O)c1ccccc1. The van der Waals surface area contributed by atoms with Gasteiger partial charge in [-0.05, 0) is 0 Å². The highest BCUT2D eigenvalue weighted by Crippen LogP contribution is 2.00. The topological polar surface area (TPSA) is 34.1 Å². The van der Waals surface area contributed by atoms with Crippen LogP contribution in [0.15, 0.2) is 30.3 Å². The molecule has 56 valence electrons. The van der Waals surface area contributed by atoms with E-state index in [2.05, 4.69) is 0 Å². The minimum Gasteiger partial charge on any atom is -0.303 e. The third-order valence-corrected chi connectivity index (χ3v) is 1.36. The Morgan fingerprint density at radius 2 is 1.91 bits per heavy atom. The molecule has 0 heterocycles. The number of hydrogen-bond acceptors (Lipinski definition) is 2. The fraction of sp³-hybridized carbons (Fsp3) is 0.111. The Kier molecular flexibility index (Phi) is 2.55. The maximum absolute atomic E-state index is 11.0. The van der Waals surface area contributed by atoms with Crippen LogP contribution in [0.25, 0.3) is 0 Å². The first-order valence-electron chi connectivity index (χ1n) is 3.36. The van der Waals surface area contributed by atoms with E-state index in [1.54, 1.807) is 24.3 Å². The summed E-state index contributed by atoms with van der Waals surface area (Å²) >= 11 is 0. The quantitative estimate of drug-likeness (QED) is 0.369. The van der Waals surface area contributed by atoms with E-state index in [-0.39, 0.29) is 12.2 Å². The van der Waals surface area contributed by atoms with Crippen molar-refractivity contribution < 1.29 is 9.59 Å². The van der Waals surface area contributed by atoms with Crippen LogP contribution in [0, 0.1) is 0 Å². The van der Waals surface area contributed by atoms with Crippen molar-refractivity contribution in [2.75, 3.05) is 0 Å². The standard InChI is InChI=1S/C9H8O2/c10-7-6-9(11)8-4-2-1-3-5-8/h1-5,7H,6H2. The van der Waals surface area contributed by atoms with Gasteiger partial charge in [-0.3, -0.25) is 4.79 Å². The predicted molar refractivity (Wildman–Crippen MR) is 41.5 cm³/mol. The van der Waals surface area contributed by atoms with Gasteiger partial charge in [-0.1, -0.05) is 30.3 Å². The van der Waals surface area contributed by atoms with Crippen molar-refractivity contribution in [2.45, 2.75) is 6.42 Å². The Bertz CT molecular complexity index is 252. The fourth-order valence-electron chi connectivity index (χ4n) is 0.818. The van der Waals surface area contributed by atoms with Crippen LogP contribution in [0.3, 0.4) is 0 Å². The molecule has 1 rings (SSSR count). The number of carbonyl (C=O) groups excluding carboxylic acids is 2. The first-order valence-corrected chi connectivity index (χ1v) is 3.36. The summed E-state index contributed by atoms with van der Waals surface area (Å²) in [5.41, 5.74) is 0.597. The van der Waals surface area contributed by atoms with Gasteiger partial charge in [0.2, 0.25) is 0 Å². The van der Waals surface area contributed by atoms with E-state index in [1.807, 2.05) is 6.07 Å². The van der Waals surface area contributed by atoms with Crippen LogP contribution < -0.4 is 0 Å². The molecule has 0 fully saturated rings. The zero-order valence-electron chi connectivity index (χ0n) is 5.99. The lowest BCUT2D eigenvalue weighted by atomic mass is 10.1. The lowest BCUT2D eigenvalue weighted by Crippen LogP contribution is -1.98. The molecule has 0 aliphatic rings. The highest BCUT2D eigenvalue weighted by atomic mass is 16.1. The third-order valence-electron chi connectivity index (χ3n) is 1.36. The molecule has 0 unspecified atom stereocenters. The molecule has 0 saturated carbocycles. The second kappa shape index (κ2) is 3.66. The van der Waals surface area contributed by atoms with Crippen LogP contribution in [0.4, 0.5) is 0 Å². The molecule has 0 saturated heterocycles. The van der Waals surface area contributed by atoms with Crippen LogP contribution in [-0.2, 0) is 4.79 Å². The molecule has 2 heteroatoms. The van der Waals surface area contributed by atoms with E-state index in [0.717, 1.165) is 0 Å². The highest BCUT2D eigenvalue weighted by Gasteiger charge is 2.01. The summed E-state index contributed by atoms with van der Waals surface area (Å²) in [6, 6.07) is 8.78. The summed E-state index contributed by atoms with van der Waals surface area (Å²) in [4.78, 5) is 21.0. The smallest absolute Gasteiger partial charge is 0.169 e. The number of hydrogen-bond donors (Lipinski definition) is 0. The van der Waals surface area contributed by atoms with Gasteiger partial charge < -0.3 is 4.79 Å². The van der Waals surface area contributed by atoms with Gasteiger partial charge >= 0.3 is 0 Å². The lowest BCUT2D eigenvalue weighted by molar-refractivity contribution is -0.107. The van der Waals surface area contributed by atoms with E-state index in [0.29, 0.717) is 11.8 Å². The molecule has 0 N–H and O–H groups in total. The molecule has 0 amide bonds. The van der Waals surface area contributed by atoms with Crippen LogP contribution >= 0.6 is 0 Å². The Labute approximate surface area is 64.8 Å². The van der Waals surface area contributed by atoms with E-state index >= 15 is 0 Å². The molecule has 1 aromatic rings. The van der Waals surface area contributed by atoms with Gasteiger partial charge in [0.1, 0.15) is 6.29 Å². The molecular formula is C9H8O2. The number of rotatable bonds is 3. The first kappa shape index (κ1) is 7.66. The largest absolute Gasteiger partial charge is 0.303 e. The van der Waals surface area contributed by atoms with Crippen LogP contribution in [0.5, 0.6) is 0 Å². The van der Waals surface area contributed by atoms with Gasteiger partial charge in [0.15, 0.2) is 5.78 Å². The van der Waals surface area contributed by atoms with E-state index < -0.39 is 0 Å². The molecule has 0 bridgehead atoms. The van der Waals surface area contributed by atoms with E-state index in [1.165, 1.54) is 0 Å². The molecule has 1 aromatic carbocycles. The minimum atomic E-state index is -0.124. The maximum atomic E-state index is 11.0. The molecule has 0 radical (unpaired) electrons. The van der Waals surface area contributed by atoms with Gasteiger partial charge in [0.05, 0.1) is 6.42 Å². The van der Waals surface area contributed by atoms with Gasteiger partial charge in [0.25, 0.3) is 0 Å². The van der Waals surface area contributed by atoms with Crippen molar-refractivity contribution in [3.05, 3.63) is 35.9 Å². The molecule has 0 aliphatic heterocycles. The van der Waals surface area contributed by atoms with Crippen molar-refractivity contribution in [1.29, 1.82) is 0 Å². The van der Waals surface area contributed by atoms with Crippen molar-refractivity contribution in [1.82, 2.24) is 0 Å². The summed E-state index contributed by atoms with van der Waals surface area (Å²) in [5.74, 6) is -0.124. The predicted octanol–water partition coefficient (Wildman–Crippen LogP) is 1.46. The highest BCUT2D eigenvalue weighted by molar-refractivity contribution is 6.02. The number of carbonyl (C=O) groups is 2. The van der Waals surface area contributed by atoms with Gasteiger partial charge in [0, 0.05) is 5.56 Å². The molecular weight excluding hydrogens is 140 g/mol. The summed E-state index contributed by atoms with van der Waals surface area (Å²) in [6.07, 6.45) is 0.597. The zero-order valence-corrected chi connectivity index (χ0v) is 5.99. The average Bonchev–Trinajstić information content (AvgIpc) is 2.07. The molecule has 0 spiro atoms. The number of ketones is 1. The van der Waals surface area contributed by atoms with Gasteiger partial charge in [-0.15, -0.1) is 0 Å². The summed E-state index contributed by atoms with van der Waals surface area (Å²) < 4.78 is 0. The van der Waals surface area contributed by atoms with Crippen LogP contribution in [-0.4, -0.2) is 12.1 Å². The molecule has 2 nitrogen and oxygen atoms in total. The molecule has 0 aliphatic carbocycles. The summed E-state index contributed by atoms with van der Waals surface area (Å²) in [6.45, 7) is 0. The fourth-order valence-corrected chi connectivity index (χ4v) is 0.818. The number of Topliss-reactive ketones (excluding diaryl/α,β-unsaturated/α-hetero) is 1. The van der Waals surface area contributed by atoms with Gasteiger partial charge in [-0.25, -0.2) is 0 Å². The summed E-state index contributed by atoms with van der Waals surface area (Å²) in [5, 5.41) is 0. The third kappa shape index (κ3) is 2.00. The van der Waals surface area contributed by atoms with Crippen molar-refractivity contribution in [3.63, 3.8) is 0 Å². The number of benzene rings is 1. The van der Waals surface area contributed by atoms with E-state index in [9.17, 15) is 9.59 Å². The maximum Gasteiger partial charge on any atom is 0.169 e. The lowest BCUT2D eigenvalue weighted by Gasteiger charge is -1.93. The zero-order chi connectivity index (χ0) is 8.10. The second-order valence-corrected chi connectivity index (χ2v) is 2.16. The molecule has 11 heavy (non-hydrogen) atoms. The summed E-state index contributed by atoms with van der Waals surface area (Å²) in [7, 11) is 0. The molecule has 0 atom stereocenters. The van der Waals surface area contributed by atoms with Crippen LogP contribution in [0.1, 0.15) is 16.8 Å². The first-order chi connectivity index (χ1) is 5.34. The number of aldehydes is 1. The van der Waals surface area contributed by atoms with Crippen molar-refractivity contribution in [3.8, 4) is 0 Å². The Balaban J connectivity index is 2.77. The Morgan fingerprint density at radius 1 is 1.27 bits per heavy atom. The van der Waals surface area contributed by atoms with Crippen molar-refractivity contribution in [2.24, 2.45) is 0 Å². The normalized spacial score (nSPS) is 9.09. The van der Waals surface area contributed by atoms with Crippen LogP contribution in [0.2, 0.25) is 0 Å². The Hall–Kier alpha value is -1.44. The Morgan fingerprint density at radius 3 is 2.45 bits per heavy atom.